The molecule has 0 radical (unpaired) electrons. The molecule has 2 heterocycles. The Morgan fingerprint density at radius 1 is 1.21 bits per heavy atom. The molecule has 0 spiro atoms. The average molecular weight is 324 g/mol. The van der Waals surface area contributed by atoms with E-state index in [4.69, 9.17) is 0 Å². The quantitative estimate of drug-likeness (QED) is 0.803. The highest BCUT2D eigenvalue weighted by molar-refractivity contribution is 6.02. The van der Waals surface area contributed by atoms with Gasteiger partial charge in [0.1, 0.15) is 0 Å². The smallest absolute Gasteiger partial charge is 0.277 e. The second-order valence-corrected chi connectivity index (χ2v) is 6.69. The Kier molecular flexibility index (Phi) is 3.92. The molecule has 0 unspecified atom stereocenters. The normalized spacial score (nSPS) is 11.5. The van der Waals surface area contributed by atoms with E-state index in [0.29, 0.717) is 5.69 Å². The molecule has 0 saturated heterocycles. The highest BCUT2D eigenvalue weighted by Gasteiger charge is 2.16. The van der Waals surface area contributed by atoms with Crippen LogP contribution in [-0.4, -0.2) is 30.7 Å². The van der Waals surface area contributed by atoms with E-state index in [9.17, 15) is 4.79 Å². The second kappa shape index (κ2) is 5.92. The number of benzene rings is 1. The molecular formula is C17H20N6O. The summed E-state index contributed by atoms with van der Waals surface area (Å²) >= 11 is 0. The number of hydrogen-bond donors (Lipinski definition) is 1. The summed E-state index contributed by atoms with van der Waals surface area (Å²) in [6.07, 6.45) is 5.02. The van der Waals surface area contributed by atoms with Crippen LogP contribution < -0.4 is 5.32 Å². The first kappa shape index (κ1) is 15.9. The van der Waals surface area contributed by atoms with Crippen molar-refractivity contribution in [2.45, 2.75) is 33.2 Å². The molecule has 2 aromatic heterocycles. The lowest BCUT2D eigenvalue weighted by Crippen LogP contribution is -2.22. The van der Waals surface area contributed by atoms with Gasteiger partial charge in [0.15, 0.2) is 5.69 Å². The van der Waals surface area contributed by atoms with E-state index in [2.05, 4.69) is 20.7 Å². The first-order valence-electron chi connectivity index (χ1n) is 7.69. The number of nitrogens with one attached hydrogen (secondary N) is 1. The van der Waals surface area contributed by atoms with Crippen molar-refractivity contribution in [2.75, 3.05) is 5.32 Å². The molecule has 3 rings (SSSR count). The zero-order chi connectivity index (χ0) is 17.3. The van der Waals surface area contributed by atoms with E-state index in [0.717, 1.165) is 11.3 Å². The number of amides is 1. The summed E-state index contributed by atoms with van der Waals surface area (Å²) < 4.78 is 3.38. The van der Waals surface area contributed by atoms with Crippen molar-refractivity contribution < 1.29 is 4.79 Å². The van der Waals surface area contributed by atoms with Gasteiger partial charge in [0.2, 0.25) is 0 Å². The van der Waals surface area contributed by atoms with Crippen LogP contribution in [0.5, 0.6) is 0 Å². The van der Waals surface area contributed by atoms with Gasteiger partial charge in [0, 0.05) is 6.20 Å². The lowest BCUT2D eigenvalue weighted by atomic mass is 10.1. The molecule has 1 aromatic carbocycles. The van der Waals surface area contributed by atoms with Gasteiger partial charge in [-0.05, 0) is 45.4 Å². The minimum atomic E-state index is -0.317. The minimum absolute atomic E-state index is 0.142. The minimum Gasteiger partial charge on any atom is -0.318 e. The van der Waals surface area contributed by atoms with Crippen molar-refractivity contribution in [1.82, 2.24) is 24.8 Å². The molecule has 3 aromatic rings. The Morgan fingerprint density at radius 3 is 2.67 bits per heavy atom. The summed E-state index contributed by atoms with van der Waals surface area (Å²) in [6, 6.07) is 7.83. The van der Waals surface area contributed by atoms with Gasteiger partial charge in [0.25, 0.3) is 5.91 Å². The van der Waals surface area contributed by atoms with Crippen LogP contribution in [-0.2, 0) is 5.54 Å². The SMILES string of the molecule is Cc1cccc(-n2cc(C(=O)Nc3cnn(C(C)(C)C)c3)nn2)c1. The van der Waals surface area contributed by atoms with Gasteiger partial charge in [-0.1, -0.05) is 17.3 Å². The fourth-order valence-corrected chi connectivity index (χ4v) is 2.21. The first-order valence-corrected chi connectivity index (χ1v) is 7.69. The Morgan fingerprint density at radius 2 is 2.00 bits per heavy atom. The lowest BCUT2D eigenvalue weighted by Gasteiger charge is -2.18. The second-order valence-electron chi connectivity index (χ2n) is 6.69. The van der Waals surface area contributed by atoms with Crippen molar-refractivity contribution >= 4 is 11.6 Å². The van der Waals surface area contributed by atoms with Crippen molar-refractivity contribution in [3.8, 4) is 5.69 Å². The lowest BCUT2D eigenvalue weighted by molar-refractivity contribution is 0.102. The largest absolute Gasteiger partial charge is 0.318 e. The number of carbonyl (C=O) groups is 1. The van der Waals surface area contributed by atoms with Crippen LogP contribution in [0.4, 0.5) is 5.69 Å². The number of aryl methyl sites for hydroxylation is 1. The molecule has 24 heavy (non-hydrogen) atoms. The topological polar surface area (TPSA) is 77.6 Å². The van der Waals surface area contributed by atoms with Gasteiger partial charge in [-0.2, -0.15) is 5.10 Å². The average Bonchev–Trinajstić information content (AvgIpc) is 3.15. The molecule has 0 aliphatic rings. The summed E-state index contributed by atoms with van der Waals surface area (Å²) in [5.41, 5.74) is 2.71. The monoisotopic (exact) mass is 324 g/mol. The standard InChI is InChI=1S/C17H20N6O/c1-12-6-5-7-14(8-12)22-11-15(20-21-22)16(24)19-13-9-18-23(10-13)17(2,3)4/h5-11H,1-4H3,(H,19,24). The molecule has 0 bridgehead atoms. The highest BCUT2D eigenvalue weighted by Crippen LogP contribution is 2.16. The summed E-state index contributed by atoms with van der Waals surface area (Å²) in [7, 11) is 0. The van der Waals surface area contributed by atoms with Crippen LogP contribution in [0.15, 0.2) is 42.9 Å². The van der Waals surface area contributed by atoms with Gasteiger partial charge in [-0.15, -0.1) is 5.10 Å². The Labute approximate surface area is 140 Å². The van der Waals surface area contributed by atoms with Crippen molar-refractivity contribution in [1.29, 1.82) is 0 Å². The van der Waals surface area contributed by atoms with Crippen LogP contribution >= 0.6 is 0 Å². The fraction of sp³-hybridized carbons (Fsp3) is 0.294. The molecule has 7 heteroatoms. The molecule has 0 atom stereocenters. The number of carbonyl (C=O) groups excluding carboxylic acids is 1. The van der Waals surface area contributed by atoms with Crippen LogP contribution in [0.2, 0.25) is 0 Å². The van der Waals surface area contributed by atoms with Crippen LogP contribution in [0.25, 0.3) is 5.69 Å². The van der Waals surface area contributed by atoms with Crippen molar-refractivity contribution in [3.63, 3.8) is 0 Å². The maximum atomic E-state index is 12.3. The van der Waals surface area contributed by atoms with Crippen LogP contribution in [0.3, 0.4) is 0 Å². The highest BCUT2D eigenvalue weighted by atomic mass is 16.2. The molecule has 124 valence electrons. The number of rotatable bonds is 3. The summed E-state index contributed by atoms with van der Waals surface area (Å²) in [4.78, 5) is 12.3. The summed E-state index contributed by atoms with van der Waals surface area (Å²) in [5, 5.41) is 15.0. The van der Waals surface area contributed by atoms with Gasteiger partial charge in [-0.3, -0.25) is 9.48 Å². The number of hydrogen-bond acceptors (Lipinski definition) is 4. The van der Waals surface area contributed by atoms with E-state index in [1.165, 1.54) is 0 Å². The molecule has 7 nitrogen and oxygen atoms in total. The van der Waals surface area contributed by atoms with Crippen molar-refractivity contribution in [3.05, 3.63) is 54.1 Å². The van der Waals surface area contributed by atoms with E-state index < -0.39 is 0 Å². The van der Waals surface area contributed by atoms with Gasteiger partial charge in [0.05, 0.1) is 29.3 Å². The first-order chi connectivity index (χ1) is 11.3. The molecule has 0 fully saturated rings. The van der Waals surface area contributed by atoms with Crippen molar-refractivity contribution in [2.24, 2.45) is 0 Å². The maximum absolute atomic E-state index is 12.3. The number of aromatic nitrogens is 5. The van der Waals surface area contributed by atoms with E-state index >= 15 is 0 Å². The Hall–Kier alpha value is -2.96. The van der Waals surface area contributed by atoms with Gasteiger partial charge >= 0.3 is 0 Å². The molecule has 1 N–H and O–H groups in total. The Bertz CT molecular complexity index is 871. The third-order valence-corrected chi connectivity index (χ3v) is 3.52. The zero-order valence-corrected chi connectivity index (χ0v) is 14.2. The molecule has 1 amide bonds. The van der Waals surface area contributed by atoms with Gasteiger partial charge < -0.3 is 5.32 Å². The molecule has 0 saturated carbocycles. The third kappa shape index (κ3) is 3.34. The third-order valence-electron chi connectivity index (χ3n) is 3.52. The van der Waals surface area contributed by atoms with E-state index in [-0.39, 0.29) is 17.1 Å². The maximum Gasteiger partial charge on any atom is 0.277 e. The summed E-state index contributed by atoms with van der Waals surface area (Å²) in [6.45, 7) is 8.12. The Balaban J connectivity index is 1.76. The number of nitrogens with zero attached hydrogens (tertiary/aromatic N) is 5. The van der Waals surface area contributed by atoms with E-state index in [1.54, 1.807) is 28.0 Å². The van der Waals surface area contributed by atoms with Crippen LogP contribution in [0, 0.1) is 6.92 Å². The molecule has 0 aliphatic carbocycles. The van der Waals surface area contributed by atoms with Crippen LogP contribution in [0.1, 0.15) is 36.8 Å². The summed E-state index contributed by atoms with van der Waals surface area (Å²) in [5.74, 6) is -0.317. The zero-order valence-electron chi connectivity index (χ0n) is 14.2. The predicted molar refractivity (Wildman–Crippen MR) is 91.3 cm³/mol. The molecule has 0 aliphatic heterocycles. The van der Waals surface area contributed by atoms with E-state index in [1.807, 2.05) is 52.0 Å². The van der Waals surface area contributed by atoms with Gasteiger partial charge in [-0.25, -0.2) is 4.68 Å². The fourth-order valence-electron chi connectivity index (χ4n) is 2.21. The molecular weight excluding hydrogens is 304 g/mol. The predicted octanol–water partition coefficient (Wildman–Crippen LogP) is 2.78. The number of anilines is 1.